The highest BCUT2D eigenvalue weighted by atomic mass is 15.1. The molecule has 0 fully saturated rings. The van der Waals surface area contributed by atoms with E-state index < -0.39 is 0 Å². The van der Waals surface area contributed by atoms with E-state index in [-0.39, 0.29) is 0 Å². The van der Waals surface area contributed by atoms with Crippen LogP contribution in [0.2, 0.25) is 0 Å². The van der Waals surface area contributed by atoms with E-state index in [1.165, 1.54) is 23.2 Å². The molecule has 2 nitrogen and oxygen atoms in total. The van der Waals surface area contributed by atoms with Crippen LogP contribution in [0.4, 0.5) is 0 Å². The lowest BCUT2D eigenvalue weighted by atomic mass is 9.99. The first-order valence-corrected chi connectivity index (χ1v) is 7.36. The van der Waals surface area contributed by atoms with Crippen molar-refractivity contribution in [1.82, 2.24) is 10.2 Å². The van der Waals surface area contributed by atoms with E-state index in [1.807, 2.05) is 0 Å². The van der Waals surface area contributed by atoms with Gasteiger partial charge >= 0.3 is 0 Å². The minimum Gasteiger partial charge on any atom is -0.313 e. The van der Waals surface area contributed by atoms with E-state index in [0.717, 1.165) is 18.9 Å². The predicted octanol–water partition coefficient (Wildman–Crippen LogP) is 3.54. The van der Waals surface area contributed by atoms with Gasteiger partial charge in [0.1, 0.15) is 0 Å². The molecule has 1 aromatic carbocycles. The van der Waals surface area contributed by atoms with Crippen LogP contribution < -0.4 is 5.32 Å². The highest BCUT2D eigenvalue weighted by Gasteiger charge is 2.11. The number of rotatable bonds is 7. The van der Waals surface area contributed by atoms with Crippen molar-refractivity contribution in [3.05, 3.63) is 34.9 Å². The molecule has 0 amide bonds. The Kier molecular flexibility index (Phi) is 6.53. The van der Waals surface area contributed by atoms with E-state index in [1.54, 1.807) is 0 Å². The zero-order chi connectivity index (χ0) is 14.4. The van der Waals surface area contributed by atoms with Gasteiger partial charge in [0, 0.05) is 12.6 Å². The first-order chi connectivity index (χ1) is 8.92. The number of nitrogens with zero attached hydrogens (tertiary/aromatic N) is 1. The Hall–Kier alpha value is -0.860. The fourth-order valence-electron chi connectivity index (χ4n) is 2.75. The molecule has 1 atom stereocenters. The van der Waals surface area contributed by atoms with Crippen LogP contribution in [0.1, 0.15) is 43.0 Å². The average molecular weight is 262 g/mol. The van der Waals surface area contributed by atoms with Gasteiger partial charge in [-0.25, -0.2) is 0 Å². The van der Waals surface area contributed by atoms with E-state index in [9.17, 15) is 0 Å². The Bertz CT molecular complexity index is 365. The summed E-state index contributed by atoms with van der Waals surface area (Å²) < 4.78 is 0. The molecule has 1 N–H and O–H groups in total. The van der Waals surface area contributed by atoms with Gasteiger partial charge in [0.2, 0.25) is 0 Å². The number of nitrogens with one attached hydrogen (secondary N) is 1. The molecule has 108 valence electrons. The highest BCUT2D eigenvalue weighted by Crippen LogP contribution is 2.20. The maximum absolute atomic E-state index is 3.45. The second-order valence-electron chi connectivity index (χ2n) is 6.21. The summed E-state index contributed by atoms with van der Waals surface area (Å²) >= 11 is 0. The second-order valence-corrected chi connectivity index (χ2v) is 6.21. The first kappa shape index (κ1) is 16.2. The fraction of sp³-hybridized carbons (Fsp3) is 0.647. The van der Waals surface area contributed by atoms with Gasteiger partial charge in [0.15, 0.2) is 0 Å². The summed E-state index contributed by atoms with van der Waals surface area (Å²) in [6, 6.07) is 7.29. The molecule has 1 unspecified atom stereocenters. The van der Waals surface area contributed by atoms with Crippen LogP contribution in [0, 0.1) is 19.8 Å². The third-order valence-electron chi connectivity index (χ3n) is 3.47. The molecule has 0 saturated heterocycles. The van der Waals surface area contributed by atoms with Gasteiger partial charge in [-0.15, -0.1) is 0 Å². The molecule has 0 heterocycles. The van der Waals surface area contributed by atoms with Gasteiger partial charge in [-0.1, -0.05) is 43.2 Å². The highest BCUT2D eigenvalue weighted by molar-refractivity contribution is 5.30. The van der Waals surface area contributed by atoms with Crippen molar-refractivity contribution in [3.8, 4) is 0 Å². The zero-order valence-electron chi connectivity index (χ0n) is 13.5. The van der Waals surface area contributed by atoms with Crippen LogP contribution in [0.5, 0.6) is 0 Å². The third kappa shape index (κ3) is 5.75. The summed E-state index contributed by atoms with van der Waals surface area (Å²) in [5.74, 6) is 0.735. The van der Waals surface area contributed by atoms with Crippen molar-refractivity contribution >= 4 is 0 Å². The first-order valence-electron chi connectivity index (χ1n) is 7.36. The van der Waals surface area contributed by atoms with Crippen LogP contribution in [0.3, 0.4) is 0 Å². The fourth-order valence-corrected chi connectivity index (χ4v) is 2.75. The van der Waals surface area contributed by atoms with Gasteiger partial charge in [-0.3, -0.25) is 0 Å². The number of benzene rings is 1. The molecule has 0 radical (unpaired) electrons. The molecule has 0 bridgehead atoms. The van der Waals surface area contributed by atoms with E-state index >= 15 is 0 Å². The van der Waals surface area contributed by atoms with Crippen LogP contribution in [-0.2, 0) is 0 Å². The molecule has 0 saturated carbocycles. The maximum atomic E-state index is 3.45. The van der Waals surface area contributed by atoms with Gasteiger partial charge in [0.25, 0.3) is 0 Å². The monoisotopic (exact) mass is 262 g/mol. The molecule has 2 heteroatoms. The summed E-state index contributed by atoms with van der Waals surface area (Å²) in [6.07, 6.45) is 1.16. The van der Waals surface area contributed by atoms with Gasteiger partial charge in [0.05, 0.1) is 0 Å². The minimum absolute atomic E-state index is 0.452. The summed E-state index contributed by atoms with van der Waals surface area (Å²) in [7, 11) is 4.28. The normalized spacial score (nSPS) is 13.3. The molecule has 0 spiro atoms. The van der Waals surface area contributed by atoms with Crippen LogP contribution >= 0.6 is 0 Å². The Morgan fingerprint density at radius 1 is 1.11 bits per heavy atom. The second kappa shape index (κ2) is 7.66. The van der Waals surface area contributed by atoms with E-state index in [0.29, 0.717) is 6.04 Å². The van der Waals surface area contributed by atoms with E-state index in [2.05, 4.69) is 70.2 Å². The van der Waals surface area contributed by atoms with Crippen molar-refractivity contribution in [2.75, 3.05) is 27.2 Å². The number of aryl methyl sites for hydroxylation is 2. The van der Waals surface area contributed by atoms with E-state index in [4.69, 9.17) is 0 Å². The number of hydrogen-bond acceptors (Lipinski definition) is 2. The molecule has 0 aliphatic rings. The van der Waals surface area contributed by atoms with Crippen LogP contribution in [-0.4, -0.2) is 32.1 Å². The van der Waals surface area contributed by atoms with Crippen molar-refractivity contribution in [1.29, 1.82) is 0 Å². The SMILES string of the molecule is CNC(CCN(C)CC(C)C)c1cc(C)cc(C)c1. The molecule has 0 aliphatic carbocycles. The molecular weight excluding hydrogens is 232 g/mol. The van der Waals surface area contributed by atoms with Crippen molar-refractivity contribution in [2.45, 2.75) is 40.2 Å². The maximum Gasteiger partial charge on any atom is 0.0329 e. The third-order valence-corrected chi connectivity index (χ3v) is 3.47. The summed E-state index contributed by atoms with van der Waals surface area (Å²) in [6.45, 7) is 11.2. The number of hydrogen-bond donors (Lipinski definition) is 1. The standard InChI is InChI=1S/C17H30N2/c1-13(2)12-19(6)8-7-17(18-5)16-10-14(3)9-15(4)11-16/h9-11,13,17-18H,7-8,12H2,1-6H3. The van der Waals surface area contributed by atoms with Gasteiger partial charge < -0.3 is 10.2 Å². The topological polar surface area (TPSA) is 15.3 Å². The lowest BCUT2D eigenvalue weighted by molar-refractivity contribution is 0.279. The predicted molar refractivity (Wildman–Crippen MR) is 84.7 cm³/mol. The van der Waals surface area contributed by atoms with Crippen molar-refractivity contribution in [3.63, 3.8) is 0 Å². The Morgan fingerprint density at radius 2 is 1.68 bits per heavy atom. The average Bonchev–Trinajstić information content (AvgIpc) is 2.27. The minimum atomic E-state index is 0.452. The lowest BCUT2D eigenvalue weighted by Gasteiger charge is -2.23. The summed E-state index contributed by atoms with van der Waals surface area (Å²) in [5.41, 5.74) is 4.12. The summed E-state index contributed by atoms with van der Waals surface area (Å²) in [4.78, 5) is 2.43. The Morgan fingerprint density at radius 3 is 2.16 bits per heavy atom. The smallest absolute Gasteiger partial charge is 0.0329 e. The van der Waals surface area contributed by atoms with Crippen LogP contribution in [0.25, 0.3) is 0 Å². The molecule has 1 aromatic rings. The van der Waals surface area contributed by atoms with Gasteiger partial charge in [-0.05, 0) is 52.4 Å². The van der Waals surface area contributed by atoms with Crippen molar-refractivity contribution < 1.29 is 0 Å². The molecular formula is C17H30N2. The Labute approximate surface area is 119 Å². The summed E-state index contributed by atoms with van der Waals surface area (Å²) in [5, 5.41) is 3.45. The van der Waals surface area contributed by atoms with Crippen LogP contribution in [0.15, 0.2) is 18.2 Å². The quantitative estimate of drug-likeness (QED) is 0.808. The molecule has 0 aromatic heterocycles. The zero-order valence-corrected chi connectivity index (χ0v) is 13.5. The molecule has 19 heavy (non-hydrogen) atoms. The Balaban J connectivity index is 2.62. The lowest BCUT2D eigenvalue weighted by Crippen LogP contribution is -2.28. The molecule has 0 aliphatic heterocycles. The van der Waals surface area contributed by atoms with Gasteiger partial charge in [-0.2, -0.15) is 0 Å². The largest absolute Gasteiger partial charge is 0.313 e. The van der Waals surface area contributed by atoms with Crippen molar-refractivity contribution in [2.24, 2.45) is 5.92 Å². The molecule has 1 rings (SSSR count).